The molecule has 3 rings (SSSR count). The molecule has 1 aromatic heterocycles. The van der Waals surface area contributed by atoms with E-state index in [1.165, 1.54) is 36.0 Å². The Morgan fingerprint density at radius 2 is 1.85 bits per heavy atom. The predicted molar refractivity (Wildman–Crippen MR) is 130 cm³/mol. The van der Waals surface area contributed by atoms with Crippen LogP contribution in [-0.2, 0) is 11.8 Å². The van der Waals surface area contributed by atoms with Gasteiger partial charge in [-0.3, -0.25) is 19.7 Å². The summed E-state index contributed by atoms with van der Waals surface area (Å²) in [6.07, 6.45) is 0. The molecular formula is C23H26N6O4S. The Morgan fingerprint density at radius 1 is 1.15 bits per heavy atom. The zero-order valence-corrected chi connectivity index (χ0v) is 20.1. The van der Waals surface area contributed by atoms with Gasteiger partial charge in [-0.2, -0.15) is 0 Å². The van der Waals surface area contributed by atoms with Crippen LogP contribution in [0.1, 0.15) is 41.6 Å². The smallest absolute Gasteiger partial charge is 0.269 e. The van der Waals surface area contributed by atoms with E-state index in [1.54, 1.807) is 17.7 Å². The standard InChI is InChI=1S/C23H26N6O4S/c1-14(2)20(25-22(31)16-7-5-6-15(3)12-16)21-26-27-23(28(21)4)34-13-19(30)24-17-8-10-18(11-9-17)29(32)33/h5-12,14,20H,13H2,1-4H3,(H,24,30)(H,25,31)/t20-/m1/s1. The maximum Gasteiger partial charge on any atom is 0.269 e. The minimum absolute atomic E-state index is 0.0480. The second-order valence-corrected chi connectivity index (χ2v) is 9.05. The third-order valence-corrected chi connectivity index (χ3v) is 6.09. The van der Waals surface area contributed by atoms with Gasteiger partial charge in [0.25, 0.3) is 11.6 Å². The molecule has 2 amide bonds. The molecule has 0 saturated heterocycles. The van der Waals surface area contributed by atoms with Gasteiger partial charge in [0.05, 0.1) is 16.7 Å². The minimum atomic E-state index is -0.499. The van der Waals surface area contributed by atoms with Crippen LogP contribution in [0.2, 0.25) is 0 Å². The highest BCUT2D eigenvalue weighted by atomic mass is 32.2. The Balaban J connectivity index is 1.64. The average molecular weight is 483 g/mol. The quantitative estimate of drug-likeness (QED) is 0.269. The molecule has 0 aliphatic rings. The monoisotopic (exact) mass is 482 g/mol. The van der Waals surface area contributed by atoms with E-state index in [0.717, 1.165) is 5.56 Å². The SMILES string of the molecule is Cc1cccc(C(=O)N[C@@H](c2nnc(SCC(=O)Nc3ccc([N+](=O)[O-])cc3)n2C)C(C)C)c1. The van der Waals surface area contributed by atoms with Crippen LogP contribution in [0.3, 0.4) is 0 Å². The molecule has 1 heterocycles. The number of aromatic nitrogens is 3. The van der Waals surface area contributed by atoms with Crippen molar-refractivity contribution in [2.24, 2.45) is 13.0 Å². The van der Waals surface area contributed by atoms with E-state index in [4.69, 9.17) is 0 Å². The maximum absolute atomic E-state index is 12.8. The number of rotatable bonds is 9. The molecule has 1 atom stereocenters. The molecule has 10 nitrogen and oxygen atoms in total. The molecule has 0 bridgehead atoms. The summed E-state index contributed by atoms with van der Waals surface area (Å²) in [4.78, 5) is 35.3. The number of nitrogens with zero attached hydrogens (tertiary/aromatic N) is 4. The van der Waals surface area contributed by atoms with Crippen LogP contribution >= 0.6 is 11.8 Å². The van der Waals surface area contributed by atoms with Crippen LogP contribution in [0.25, 0.3) is 0 Å². The van der Waals surface area contributed by atoms with E-state index in [0.29, 0.717) is 22.2 Å². The lowest BCUT2D eigenvalue weighted by Gasteiger charge is -2.21. The number of anilines is 1. The number of nitrogens with one attached hydrogen (secondary N) is 2. The van der Waals surface area contributed by atoms with Gasteiger partial charge in [-0.1, -0.05) is 43.3 Å². The number of non-ortho nitro benzene ring substituents is 1. The van der Waals surface area contributed by atoms with Crippen LogP contribution in [0, 0.1) is 23.0 Å². The van der Waals surface area contributed by atoms with Gasteiger partial charge in [-0.15, -0.1) is 10.2 Å². The molecule has 2 aromatic carbocycles. The Labute approximate surface area is 201 Å². The minimum Gasteiger partial charge on any atom is -0.342 e. The van der Waals surface area contributed by atoms with Crippen LogP contribution in [-0.4, -0.2) is 37.3 Å². The third-order valence-electron chi connectivity index (χ3n) is 5.07. The van der Waals surface area contributed by atoms with Crippen LogP contribution < -0.4 is 10.6 Å². The Hall–Kier alpha value is -3.73. The van der Waals surface area contributed by atoms with Crippen LogP contribution in [0.15, 0.2) is 53.7 Å². The number of carbonyl (C=O) groups excluding carboxylic acids is 2. The first kappa shape index (κ1) is 24.9. The van der Waals surface area contributed by atoms with Gasteiger partial charge in [0, 0.05) is 30.4 Å². The molecule has 0 spiro atoms. The van der Waals surface area contributed by atoms with E-state index >= 15 is 0 Å². The highest BCUT2D eigenvalue weighted by Gasteiger charge is 2.25. The molecule has 0 fully saturated rings. The fourth-order valence-corrected chi connectivity index (χ4v) is 3.97. The molecule has 2 N–H and O–H groups in total. The Kier molecular flexibility index (Phi) is 8.00. The lowest BCUT2D eigenvalue weighted by atomic mass is 10.0. The van der Waals surface area contributed by atoms with Crippen molar-refractivity contribution in [3.05, 3.63) is 75.6 Å². The summed E-state index contributed by atoms with van der Waals surface area (Å²) in [6.45, 7) is 5.90. The second-order valence-electron chi connectivity index (χ2n) is 8.11. The number of nitro benzene ring substituents is 1. The maximum atomic E-state index is 12.8. The first-order valence-electron chi connectivity index (χ1n) is 10.6. The Bertz CT molecular complexity index is 1190. The largest absolute Gasteiger partial charge is 0.342 e. The average Bonchev–Trinajstić information content (AvgIpc) is 3.16. The first-order valence-corrected chi connectivity index (χ1v) is 11.6. The van der Waals surface area contributed by atoms with Crippen LogP contribution in [0.5, 0.6) is 0 Å². The summed E-state index contributed by atoms with van der Waals surface area (Å²) >= 11 is 1.21. The molecule has 11 heteroatoms. The highest BCUT2D eigenvalue weighted by molar-refractivity contribution is 7.99. The molecule has 0 radical (unpaired) electrons. The van der Waals surface area contributed by atoms with Gasteiger partial charge in [0.15, 0.2) is 11.0 Å². The lowest BCUT2D eigenvalue weighted by Crippen LogP contribution is -2.33. The number of aryl methyl sites for hydroxylation is 1. The van der Waals surface area contributed by atoms with Gasteiger partial charge in [-0.25, -0.2) is 0 Å². The molecule has 0 saturated carbocycles. The summed E-state index contributed by atoms with van der Waals surface area (Å²) in [5.41, 5.74) is 1.99. The molecule has 34 heavy (non-hydrogen) atoms. The number of nitro groups is 1. The molecule has 178 valence electrons. The summed E-state index contributed by atoms with van der Waals surface area (Å²) in [7, 11) is 1.79. The number of hydrogen-bond acceptors (Lipinski definition) is 7. The van der Waals surface area contributed by atoms with Crippen LogP contribution in [0.4, 0.5) is 11.4 Å². The predicted octanol–water partition coefficient (Wildman–Crippen LogP) is 3.89. The number of amides is 2. The summed E-state index contributed by atoms with van der Waals surface area (Å²) in [6, 6.07) is 12.6. The van der Waals surface area contributed by atoms with Gasteiger partial charge in [-0.05, 0) is 37.1 Å². The molecule has 0 aliphatic carbocycles. The van der Waals surface area contributed by atoms with E-state index < -0.39 is 4.92 Å². The number of carbonyl (C=O) groups is 2. The Morgan fingerprint density at radius 3 is 2.47 bits per heavy atom. The molecular weight excluding hydrogens is 456 g/mol. The van der Waals surface area contributed by atoms with E-state index in [-0.39, 0.29) is 35.2 Å². The fourth-order valence-electron chi connectivity index (χ4n) is 3.26. The van der Waals surface area contributed by atoms with E-state index in [2.05, 4.69) is 20.8 Å². The van der Waals surface area contributed by atoms with Crippen molar-refractivity contribution in [2.45, 2.75) is 32.0 Å². The summed E-state index contributed by atoms with van der Waals surface area (Å²) < 4.78 is 1.77. The highest BCUT2D eigenvalue weighted by Crippen LogP contribution is 2.25. The summed E-state index contributed by atoms with van der Waals surface area (Å²) in [5.74, 6) is 0.248. The fraction of sp³-hybridized carbons (Fsp3) is 0.304. The van der Waals surface area contributed by atoms with Gasteiger partial charge in [0.2, 0.25) is 5.91 Å². The first-order chi connectivity index (χ1) is 16.2. The van der Waals surface area contributed by atoms with Crippen molar-refractivity contribution in [1.29, 1.82) is 0 Å². The van der Waals surface area contributed by atoms with Crippen molar-refractivity contribution >= 4 is 35.0 Å². The second kappa shape index (κ2) is 10.9. The van der Waals surface area contributed by atoms with Crippen molar-refractivity contribution < 1.29 is 14.5 Å². The third kappa shape index (κ3) is 6.19. The van der Waals surface area contributed by atoms with Gasteiger partial charge >= 0.3 is 0 Å². The van der Waals surface area contributed by atoms with Crippen molar-refractivity contribution in [3.63, 3.8) is 0 Å². The van der Waals surface area contributed by atoms with Crippen molar-refractivity contribution in [3.8, 4) is 0 Å². The van der Waals surface area contributed by atoms with Gasteiger partial charge < -0.3 is 15.2 Å². The number of hydrogen-bond donors (Lipinski definition) is 2. The van der Waals surface area contributed by atoms with Crippen molar-refractivity contribution in [1.82, 2.24) is 20.1 Å². The topological polar surface area (TPSA) is 132 Å². The zero-order chi connectivity index (χ0) is 24.8. The van der Waals surface area contributed by atoms with Crippen molar-refractivity contribution in [2.75, 3.05) is 11.1 Å². The van der Waals surface area contributed by atoms with Gasteiger partial charge in [0.1, 0.15) is 0 Å². The summed E-state index contributed by atoms with van der Waals surface area (Å²) in [5, 5.41) is 25.5. The number of thioether (sulfide) groups is 1. The van der Waals surface area contributed by atoms with E-state index in [9.17, 15) is 19.7 Å². The molecule has 0 aliphatic heterocycles. The molecule has 3 aromatic rings. The number of benzene rings is 2. The zero-order valence-electron chi connectivity index (χ0n) is 19.3. The lowest BCUT2D eigenvalue weighted by molar-refractivity contribution is -0.384. The normalized spacial score (nSPS) is 11.8. The van der Waals surface area contributed by atoms with E-state index in [1.807, 2.05) is 39.0 Å². The molecule has 0 unspecified atom stereocenters.